The molecule has 0 aromatic rings. The first kappa shape index (κ1) is 14.3. The Labute approximate surface area is 114 Å². The molecule has 5 heteroatoms. The summed E-state index contributed by atoms with van der Waals surface area (Å²) < 4.78 is 0. The number of hydrogen-bond donors (Lipinski definition) is 2. The van der Waals surface area contributed by atoms with Gasteiger partial charge in [0.2, 0.25) is 11.8 Å². The molecule has 1 heterocycles. The van der Waals surface area contributed by atoms with Crippen molar-refractivity contribution in [3.8, 4) is 0 Å². The third kappa shape index (κ3) is 3.08. The van der Waals surface area contributed by atoms with Gasteiger partial charge in [0.05, 0.1) is 6.04 Å². The number of likely N-dealkylation sites (tertiary alicyclic amines) is 1. The van der Waals surface area contributed by atoms with Crippen LogP contribution in [0.4, 0.5) is 0 Å². The number of nitrogens with two attached hydrogens (primary N) is 1. The summed E-state index contributed by atoms with van der Waals surface area (Å²) in [5.41, 5.74) is 6.15. The molecule has 1 aliphatic heterocycles. The van der Waals surface area contributed by atoms with Crippen molar-refractivity contribution in [2.24, 2.45) is 11.7 Å². The van der Waals surface area contributed by atoms with Crippen molar-refractivity contribution >= 4 is 11.8 Å². The average molecular weight is 267 g/mol. The average Bonchev–Trinajstić information content (AvgIpc) is 2.95. The summed E-state index contributed by atoms with van der Waals surface area (Å²) in [5.74, 6) is 0.201. The molecule has 2 atom stereocenters. The fourth-order valence-electron chi connectivity index (χ4n) is 3.36. The van der Waals surface area contributed by atoms with E-state index in [2.05, 4.69) is 5.32 Å². The molecule has 0 aromatic carbocycles. The Morgan fingerprint density at radius 2 is 1.84 bits per heavy atom. The fraction of sp³-hybridized carbons (Fsp3) is 0.857. The molecule has 0 aromatic heterocycles. The Morgan fingerprint density at radius 3 is 2.47 bits per heavy atom. The molecule has 0 bridgehead atoms. The van der Waals surface area contributed by atoms with Crippen LogP contribution in [0.2, 0.25) is 0 Å². The molecule has 0 spiro atoms. The number of carbonyl (C=O) groups is 2. The third-order valence-electron chi connectivity index (χ3n) is 4.53. The summed E-state index contributed by atoms with van der Waals surface area (Å²) in [6.45, 7) is 0.664. The second-order valence-electron chi connectivity index (χ2n) is 5.73. The molecule has 1 saturated carbocycles. The number of nitrogens with one attached hydrogen (secondary N) is 1. The number of carbonyl (C=O) groups excluding carboxylic acids is 2. The topological polar surface area (TPSA) is 75.4 Å². The van der Waals surface area contributed by atoms with Crippen LogP contribution in [0.1, 0.15) is 44.9 Å². The lowest BCUT2D eigenvalue weighted by atomic mass is 9.83. The molecule has 108 valence electrons. The van der Waals surface area contributed by atoms with Gasteiger partial charge in [0, 0.05) is 13.6 Å². The second kappa shape index (κ2) is 6.37. The lowest BCUT2D eigenvalue weighted by molar-refractivity contribution is -0.140. The Morgan fingerprint density at radius 1 is 1.16 bits per heavy atom. The van der Waals surface area contributed by atoms with Gasteiger partial charge in [0.25, 0.3) is 0 Å². The van der Waals surface area contributed by atoms with Crippen LogP contribution in [0, 0.1) is 5.92 Å². The Balaban J connectivity index is 1.99. The van der Waals surface area contributed by atoms with Gasteiger partial charge < -0.3 is 16.0 Å². The van der Waals surface area contributed by atoms with E-state index < -0.39 is 6.04 Å². The first-order valence-electron chi connectivity index (χ1n) is 7.43. The molecule has 2 fully saturated rings. The minimum Gasteiger partial charge on any atom is -0.357 e. The summed E-state index contributed by atoms with van der Waals surface area (Å²) in [6.07, 6.45) is 7.33. The van der Waals surface area contributed by atoms with Gasteiger partial charge in [-0.25, -0.2) is 0 Å². The van der Waals surface area contributed by atoms with Crippen molar-refractivity contribution in [1.29, 1.82) is 0 Å². The SMILES string of the molecule is CNC(=O)C1CCCN1C(=O)C(N)C1CCCCC1. The van der Waals surface area contributed by atoms with Crippen LogP contribution in [0.5, 0.6) is 0 Å². The predicted octanol–water partition coefficient (Wildman–Crippen LogP) is 0.631. The maximum atomic E-state index is 12.5. The summed E-state index contributed by atoms with van der Waals surface area (Å²) in [4.78, 5) is 26.0. The van der Waals surface area contributed by atoms with Gasteiger partial charge >= 0.3 is 0 Å². The molecule has 0 radical (unpaired) electrons. The van der Waals surface area contributed by atoms with Gasteiger partial charge in [0.1, 0.15) is 6.04 Å². The van der Waals surface area contributed by atoms with Crippen molar-refractivity contribution in [2.75, 3.05) is 13.6 Å². The summed E-state index contributed by atoms with van der Waals surface area (Å²) in [5, 5.41) is 2.64. The molecule has 1 aliphatic carbocycles. The lowest BCUT2D eigenvalue weighted by Gasteiger charge is -2.31. The van der Waals surface area contributed by atoms with E-state index in [-0.39, 0.29) is 17.9 Å². The maximum Gasteiger partial charge on any atom is 0.242 e. The molecular weight excluding hydrogens is 242 g/mol. The first-order valence-corrected chi connectivity index (χ1v) is 7.43. The zero-order valence-corrected chi connectivity index (χ0v) is 11.7. The van der Waals surface area contributed by atoms with E-state index in [1.54, 1.807) is 11.9 Å². The van der Waals surface area contributed by atoms with Crippen LogP contribution in [0.3, 0.4) is 0 Å². The van der Waals surface area contributed by atoms with E-state index in [1.807, 2.05) is 0 Å². The Bertz CT molecular complexity index is 340. The predicted molar refractivity (Wildman–Crippen MR) is 73.4 cm³/mol. The standard InChI is InChI=1S/C14H25N3O2/c1-16-13(18)11-8-5-9-17(11)14(19)12(15)10-6-3-2-4-7-10/h10-12H,2-9,15H2,1H3,(H,16,18). The highest BCUT2D eigenvalue weighted by Gasteiger charge is 2.38. The molecule has 3 N–H and O–H groups in total. The zero-order valence-electron chi connectivity index (χ0n) is 11.7. The second-order valence-corrected chi connectivity index (χ2v) is 5.73. The lowest BCUT2D eigenvalue weighted by Crippen LogP contribution is -2.53. The van der Waals surface area contributed by atoms with Crippen molar-refractivity contribution in [3.05, 3.63) is 0 Å². The van der Waals surface area contributed by atoms with Gasteiger partial charge in [-0.3, -0.25) is 9.59 Å². The van der Waals surface area contributed by atoms with Crippen LogP contribution in [-0.2, 0) is 9.59 Å². The first-order chi connectivity index (χ1) is 9.15. The number of hydrogen-bond acceptors (Lipinski definition) is 3. The monoisotopic (exact) mass is 267 g/mol. The van der Waals surface area contributed by atoms with Crippen molar-refractivity contribution < 1.29 is 9.59 Å². The highest BCUT2D eigenvalue weighted by molar-refractivity contribution is 5.90. The highest BCUT2D eigenvalue weighted by Crippen LogP contribution is 2.28. The normalized spacial score (nSPS) is 26.2. The minimum absolute atomic E-state index is 0.0296. The molecule has 1 saturated heterocycles. The van der Waals surface area contributed by atoms with Crippen LogP contribution in [0.15, 0.2) is 0 Å². The fourth-order valence-corrected chi connectivity index (χ4v) is 3.36. The summed E-state index contributed by atoms with van der Waals surface area (Å²) >= 11 is 0. The van der Waals surface area contributed by atoms with Gasteiger partial charge in [-0.2, -0.15) is 0 Å². The van der Waals surface area contributed by atoms with Gasteiger partial charge in [-0.15, -0.1) is 0 Å². The van der Waals surface area contributed by atoms with Crippen LogP contribution >= 0.6 is 0 Å². The largest absolute Gasteiger partial charge is 0.357 e. The Hall–Kier alpha value is -1.10. The zero-order chi connectivity index (χ0) is 13.8. The Kier molecular flexibility index (Phi) is 4.80. The third-order valence-corrected chi connectivity index (χ3v) is 4.53. The van der Waals surface area contributed by atoms with Gasteiger partial charge in [-0.05, 0) is 31.6 Å². The molecule has 19 heavy (non-hydrogen) atoms. The summed E-state index contributed by atoms with van der Waals surface area (Å²) in [7, 11) is 1.62. The van der Waals surface area contributed by atoms with E-state index in [0.717, 1.165) is 25.7 Å². The molecule has 2 amide bonds. The minimum atomic E-state index is -0.425. The number of amides is 2. The van der Waals surface area contributed by atoms with Crippen LogP contribution in [0.25, 0.3) is 0 Å². The van der Waals surface area contributed by atoms with E-state index in [1.165, 1.54) is 19.3 Å². The van der Waals surface area contributed by atoms with E-state index >= 15 is 0 Å². The van der Waals surface area contributed by atoms with Crippen molar-refractivity contribution in [3.63, 3.8) is 0 Å². The van der Waals surface area contributed by atoms with Crippen molar-refractivity contribution in [2.45, 2.75) is 57.0 Å². The number of rotatable bonds is 3. The smallest absolute Gasteiger partial charge is 0.242 e. The van der Waals surface area contributed by atoms with Crippen molar-refractivity contribution in [1.82, 2.24) is 10.2 Å². The van der Waals surface area contributed by atoms with Gasteiger partial charge in [-0.1, -0.05) is 19.3 Å². The molecule has 2 aliphatic rings. The number of likely N-dealkylation sites (N-methyl/N-ethyl adjacent to an activating group) is 1. The highest BCUT2D eigenvalue weighted by atomic mass is 16.2. The van der Waals surface area contributed by atoms with Crippen LogP contribution in [-0.4, -0.2) is 42.4 Å². The molecule has 2 unspecified atom stereocenters. The van der Waals surface area contributed by atoms with E-state index in [9.17, 15) is 9.59 Å². The molecular formula is C14H25N3O2. The molecule has 5 nitrogen and oxygen atoms in total. The summed E-state index contributed by atoms with van der Waals surface area (Å²) in [6, 6.07) is -0.738. The van der Waals surface area contributed by atoms with E-state index in [4.69, 9.17) is 5.73 Å². The van der Waals surface area contributed by atoms with E-state index in [0.29, 0.717) is 12.5 Å². The van der Waals surface area contributed by atoms with Gasteiger partial charge in [0.15, 0.2) is 0 Å². The van der Waals surface area contributed by atoms with Crippen LogP contribution < -0.4 is 11.1 Å². The molecule has 2 rings (SSSR count). The number of nitrogens with zero attached hydrogens (tertiary/aromatic N) is 1. The maximum absolute atomic E-state index is 12.5. The quantitative estimate of drug-likeness (QED) is 0.787.